The lowest BCUT2D eigenvalue weighted by Gasteiger charge is -2.34. The van der Waals surface area contributed by atoms with E-state index < -0.39 is 11.8 Å². The van der Waals surface area contributed by atoms with Crippen molar-refractivity contribution in [1.29, 1.82) is 0 Å². The highest BCUT2D eigenvalue weighted by atomic mass is 16.5. The molecule has 0 radical (unpaired) electrons. The van der Waals surface area contributed by atoms with Crippen LogP contribution in [0.3, 0.4) is 0 Å². The van der Waals surface area contributed by atoms with Gasteiger partial charge in [0.05, 0.1) is 24.4 Å². The third-order valence-electron chi connectivity index (χ3n) is 4.64. The van der Waals surface area contributed by atoms with Gasteiger partial charge < -0.3 is 25.0 Å². The molecule has 2 amide bonds. The van der Waals surface area contributed by atoms with Crippen molar-refractivity contribution in [2.24, 2.45) is 5.73 Å². The van der Waals surface area contributed by atoms with Crippen LogP contribution in [0.4, 0.5) is 0 Å². The van der Waals surface area contributed by atoms with Crippen LogP contribution in [0.1, 0.15) is 56.5 Å². The molecule has 1 heterocycles. The first-order chi connectivity index (χ1) is 13.4. The highest BCUT2D eigenvalue weighted by molar-refractivity contribution is 5.96. The molecular weight excluding hydrogens is 362 g/mol. The second-order valence-electron chi connectivity index (χ2n) is 6.90. The van der Waals surface area contributed by atoms with E-state index in [-0.39, 0.29) is 24.5 Å². The minimum absolute atomic E-state index is 0.135. The summed E-state index contributed by atoms with van der Waals surface area (Å²) in [5.74, 6) is 1.34. The van der Waals surface area contributed by atoms with Crippen molar-refractivity contribution in [3.05, 3.63) is 41.8 Å². The summed E-state index contributed by atoms with van der Waals surface area (Å²) in [7, 11) is 0. The number of nitrogens with zero attached hydrogens (tertiary/aromatic N) is 1. The second kappa shape index (κ2) is 8.77. The smallest absolute Gasteiger partial charge is 0.230 e. The predicted octanol–water partition coefficient (Wildman–Crippen LogP) is 2.45. The zero-order valence-corrected chi connectivity index (χ0v) is 16.0. The van der Waals surface area contributed by atoms with Gasteiger partial charge >= 0.3 is 0 Å². The van der Waals surface area contributed by atoms with Crippen LogP contribution in [-0.2, 0) is 9.59 Å². The van der Waals surface area contributed by atoms with Crippen molar-refractivity contribution in [2.45, 2.75) is 51.2 Å². The first-order valence-electron chi connectivity index (χ1n) is 9.38. The molecule has 3 rings (SSSR count). The Hall–Kier alpha value is -3.03. The van der Waals surface area contributed by atoms with E-state index in [0.29, 0.717) is 12.4 Å². The van der Waals surface area contributed by atoms with E-state index in [2.05, 4.69) is 10.5 Å². The van der Waals surface area contributed by atoms with Crippen molar-refractivity contribution in [2.75, 3.05) is 6.61 Å². The van der Waals surface area contributed by atoms with Gasteiger partial charge in [-0.25, -0.2) is 0 Å². The Morgan fingerprint density at radius 3 is 2.61 bits per heavy atom. The van der Waals surface area contributed by atoms with Gasteiger partial charge in [-0.05, 0) is 51.0 Å². The molecule has 0 spiro atoms. The zero-order chi connectivity index (χ0) is 20.1. The Morgan fingerprint density at radius 2 is 1.96 bits per heavy atom. The van der Waals surface area contributed by atoms with Gasteiger partial charge in [-0.2, -0.15) is 0 Å². The number of primary amides is 1. The lowest BCUT2D eigenvalue weighted by atomic mass is 9.80. The number of carbonyl (C=O) groups is 2. The molecule has 8 nitrogen and oxygen atoms in total. The molecule has 0 saturated heterocycles. The van der Waals surface area contributed by atoms with Crippen LogP contribution in [0.25, 0.3) is 0 Å². The number of hydrogen-bond donors (Lipinski definition) is 2. The third-order valence-corrected chi connectivity index (χ3v) is 4.64. The van der Waals surface area contributed by atoms with Gasteiger partial charge in [0.15, 0.2) is 5.76 Å². The topological polar surface area (TPSA) is 117 Å². The molecule has 1 aliphatic rings. The Bertz CT molecular complexity index is 812. The summed E-state index contributed by atoms with van der Waals surface area (Å²) in [5.41, 5.74) is 5.86. The number of carbonyl (C=O) groups excluding carboxylic acids is 2. The molecule has 0 unspecified atom stereocenters. The minimum atomic E-state index is -0.670. The van der Waals surface area contributed by atoms with Crippen LogP contribution in [0, 0.1) is 0 Å². The first-order valence-corrected chi connectivity index (χ1v) is 9.38. The Balaban J connectivity index is 1.47. The molecule has 8 heteroatoms. The van der Waals surface area contributed by atoms with Crippen molar-refractivity contribution >= 4 is 11.8 Å². The molecule has 1 aromatic heterocycles. The Morgan fingerprint density at radius 1 is 1.29 bits per heavy atom. The molecular formula is C20H25N3O5. The fourth-order valence-electron chi connectivity index (χ4n) is 3.10. The predicted molar refractivity (Wildman–Crippen MR) is 101 cm³/mol. The fourth-order valence-corrected chi connectivity index (χ4v) is 3.10. The number of aromatic nitrogens is 1. The van der Waals surface area contributed by atoms with Crippen LogP contribution in [0.5, 0.6) is 11.5 Å². The standard InChI is InChI=1S/C20H25N3O5/c1-3-26-14-4-6-15(7-5-14)27-16-8-13(9-16)17-10-18(28-23-17)12(2)22-20(25)11-19(21)24/h4-7,10,12-13,16H,3,8-9,11H2,1-2H3,(H2,21,24)(H,22,25)/t12-,13?,16?/m0/s1. The lowest BCUT2D eigenvalue weighted by Crippen LogP contribution is -2.32. The highest BCUT2D eigenvalue weighted by Crippen LogP contribution is 2.39. The summed E-state index contributed by atoms with van der Waals surface area (Å²) < 4.78 is 16.7. The van der Waals surface area contributed by atoms with Crippen LogP contribution in [0.15, 0.2) is 34.9 Å². The minimum Gasteiger partial charge on any atom is -0.494 e. The average Bonchev–Trinajstić information content (AvgIpc) is 3.08. The van der Waals surface area contributed by atoms with Gasteiger partial charge in [0.1, 0.15) is 17.9 Å². The number of benzene rings is 1. The summed E-state index contributed by atoms with van der Waals surface area (Å²) in [6.07, 6.45) is 1.48. The summed E-state index contributed by atoms with van der Waals surface area (Å²) in [5, 5.41) is 6.77. The van der Waals surface area contributed by atoms with Crippen LogP contribution >= 0.6 is 0 Å². The Kier molecular flexibility index (Phi) is 6.18. The second-order valence-corrected chi connectivity index (χ2v) is 6.90. The van der Waals surface area contributed by atoms with Crippen molar-refractivity contribution in [1.82, 2.24) is 10.5 Å². The normalized spacial score (nSPS) is 19.4. The maximum absolute atomic E-state index is 11.6. The van der Waals surface area contributed by atoms with Crippen molar-refractivity contribution in [3.63, 3.8) is 0 Å². The van der Waals surface area contributed by atoms with E-state index in [1.54, 1.807) is 6.92 Å². The van der Waals surface area contributed by atoms with Gasteiger partial charge in [0.2, 0.25) is 11.8 Å². The van der Waals surface area contributed by atoms with Gasteiger partial charge in [0.25, 0.3) is 0 Å². The fraction of sp³-hybridized carbons (Fsp3) is 0.450. The quantitative estimate of drug-likeness (QED) is 0.638. The maximum atomic E-state index is 11.6. The zero-order valence-electron chi connectivity index (χ0n) is 16.0. The molecule has 1 aromatic carbocycles. The van der Waals surface area contributed by atoms with Gasteiger partial charge in [-0.3, -0.25) is 9.59 Å². The SMILES string of the molecule is CCOc1ccc(OC2CC(c3cc([C@H](C)NC(=O)CC(N)=O)on3)C2)cc1. The van der Waals surface area contributed by atoms with E-state index in [0.717, 1.165) is 30.0 Å². The van der Waals surface area contributed by atoms with E-state index in [9.17, 15) is 9.59 Å². The largest absolute Gasteiger partial charge is 0.494 e. The monoisotopic (exact) mass is 387 g/mol. The number of nitrogens with one attached hydrogen (secondary N) is 1. The van der Waals surface area contributed by atoms with Crippen LogP contribution in [0.2, 0.25) is 0 Å². The summed E-state index contributed by atoms with van der Waals surface area (Å²) in [6.45, 7) is 4.35. The molecule has 1 fully saturated rings. The van der Waals surface area contributed by atoms with Crippen molar-refractivity contribution in [3.8, 4) is 11.5 Å². The van der Waals surface area contributed by atoms with Gasteiger partial charge in [-0.1, -0.05) is 5.16 Å². The summed E-state index contributed by atoms with van der Waals surface area (Å²) in [4.78, 5) is 22.4. The first kappa shape index (κ1) is 19.7. The third kappa shape index (κ3) is 5.03. The van der Waals surface area contributed by atoms with Crippen molar-refractivity contribution < 1.29 is 23.6 Å². The molecule has 150 valence electrons. The highest BCUT2D eigenvalue weighted by Gasteiger charge is 2.34. The number of amides is 2. The van der Waals surface area contributed by atoms with E-state index in [1.165, 1.54) is 0 Å². The summed E-state index contributed by atoms with van der Waals surface area (Å²) in [6, 6.07) is 9.06. The van der Waals surface area contributed by atoms with E-state index >= 15 is 0 Å². The molecule has 2 aromatic rings. The average molecular weight is 387 g/mol. The van der Waals surface area contributed by atoms with Crippen LogP contribution in [-0.4, -0.2) is 29.7 Å². The van der Waals surface area contributed by atoms with Gasteiger partial charge in [-0.15, -0.1) is 0 Å². The van der Waals surface area contributed by atoms with Gasteiger partial charge in [0, 0.05) is 12.0 Å². The molecule has 1 atom stereocenters. The number of nitrogens with two attached hydrogens (primary N) is 1. The van der Waals surface area contributed by atoms with Crippen LogP contribution < -0.4 is 20.5 Å². The number of rotatable bonds is 9. The molecule has 1 aliphatic carbocycles. The molecule has 28 heavy (non-hydrogen) atoms. The van der Waals surface area contributed by atoms with E-state index in [1.807, 2.05) is 37.3 Å². The molecule has 0 aliphatic heterocycles. The number of hydrogen-bond acceptors (Lipinski definition) is 6. The maximum Gasteiger partial charge on any atom is 0.230 e. The molecule has 3 N–H and O–H groups in total. The Labute approximate surface area is 163 Å². The summed E-state index contributed by atoms with van der Waals surface area (Å²) >= 11 is 0. The number of ether oxygens (including phenoxy) is 2. The molecule has 1 saturated carbocycles. The molecule has 0 bridgehead atoms. The lowest BCUT2D eigenvalue weighted by molar-refractivity contribution is -0.128. The van der Waals surface area contributed by atoms with E-state index in [4.69, 9.17) is 19.7 Å².